The molecule has 0 saturated heterocycles. The van der Waals surface area contributed by atoms with Gasteiger partial charge in [-0.1, -0.05) is 233 Å². The molecular weight excluding hydrogens is 865 g/mol. The third-order valence-electron chi connectivity index (χ3n) is 12.0. The van der Waals surface area contributed by atoms with Crippen molar-refractivity contribution in [1.82, 2.24) is 0 Å². The van der Waals surface area contributed by atoms with Crippen LogP contribution < -0.4 is 0 Å². The molecule has 0 aliphatic rings. The fourth-order valence-corrected chi connectivity index (χ4v) is 7.69. The van der Waals surface area contributed by atoms with E-state index < -0.39 is 6.10 Å². The lowest BCUT2D eigenvalue weighted by molar-refractivity contribution is -0.167. The van der Waals surface area contributed by atoms with Gasteiger partial charge in [-0.15, -0.1) is 0 Å². The Balaban J connectivity index is 4.51. The van der Waals surface area contributed by atoms with E-state index in [2.05, 4.69) is 130 Å². The molecule has 0 fully saturated rings. The highest BCUT2D eigenvalue weighted by Crippen LogP contribution is 2.14. The zero-order valence-corrected chi connectivity index (χ0v) is 45.5. The molecule has 0 saturated carbocycles. The van der Waals surface area contributed by atoms with Crippen LogP contribution in [0.2, 0.25) is 0 Å². The lowest BCUT2D eigenvalue weighted by Crippen LogP contribution is -2.30. The lowest BCUT2D eigenvalue weighted by Gasteiger charge is -2.18. The van der Waals surface area contributed by atoms with E-state index in [-0.39, 0.29) is 31.1 Å². The zero-order valence-electron chi connectivity index (χ0n) is 45.5. The second kappa shape index (κ2) is 57.6. The van der Waals surface area contributed by atoms with Crippen LogP contribution >= 0.6 is 0 Å². The summed E-state index contributed by atoms with van der Waals surface area (Å²) in [7, 11) is 0. The molecule has 0 aromatic heterocycles. The van der Waals surface area contributed by atoms with Crippen molar-refractivity contribution < 1.29 is 28.6 Å². The van der Waals surface area contributed by atoms with Gasteiger partial charge in [0.25, 0.3) is 0 Å². The summed E-state index contributed by atoms with van der Waals surface area (Å²) in [4.78, 5) is 38.2. The fraction of sp³-hybridized carbons (Fsp3) is 0.672. The van der Waals surface area contributed by atoms with Gasteiger partial charge in [0.1, 0.15) is 13.2 Å². The van der Waals surface area contributed by atoms with E-state index >= 15 is 0 Å². The van der Waals surface area contributed by atoms with Crippen molar-refractivity contribution in [2.45, 2.75) is 264 Å². The van der Waals surface area contributed by atoms with E-state index in [1.807, 2.05) is 0 Å². The van der Waals surface area contributed by atoms with Gasteiger partial charge in [0, 0.05) is 19.3 Å². The van der Waals surface area contributed by atoms with Gasteiger partial charge in [-0.05, 0) is 116 Å². The molecule has 0 amide bonds. The zero-order chi connectivity index (χ0) is 50.7. The molecule has 0 radical (unpaired) electrons. The van der Waals surface area contributed by atoms with Gasteiger partial charge < -0.3 is 14.2 Å². The van der Waals surface area contributed by atoms with E-state index in [0.717, 1.165) is 128 Å². The number of unbranched alkanes of at least 4 members (excludes halogenated alkanes) is 24. The predicted octanol–water partition coefficient (Wildman–Crippen LogP) is 19.5. The van der Waals surface area contributed by atoms with Crippen LogP contribution in [0, 0.1) is 0 Å². The van der Waals surface area contributed by atoms with Crippen LogP contribution in [0.15, 0.2) is 109 Å². The maximum absolute atomic E-state index is 12.9. The summed E-state index contributed by atoms with van der Waals surface area (Å²) < 4.78 is 16.8. The molecule has 0 aromatic carbocycles. The average Bonchev–Trinajstić information content (AvgIpc) is 3.36. The quantitative estimate of drug-likeness (QED) is 0.0199. The van der Waals surface area contributed by atoms with Crippen molar-refractivity contribution in [3.8, 4) is 0 Å². The lowest BCUT2D eigenvalue weighted by atomic mass is 10.1. The molecule has 0 aliphatic heterocycles. The van der Waals surface area contributed by atoms with Crippen molar-refractivity contribution in [2.24, 2.45) is 0 Å². The second-order valence-corrected chi connectivity index (χ2v) is 18.9. The number of carbonyl (C=O) groups excluding carboxylic acids is 3. The van der Waals surface area contributed by atoms with Crippen LogP contribution in [0.5, 0.6) is 0 Å². The number of hydrogen-bond acceptors (Lipinski definition) is 6. The first-order chi connectivity index (χ1) is 34.5. The predicted molar refractivity (Wildman–Crippen MR) is 302 cm³/mol. The van der Waals surface area contributed by atoms with Crippen LogP contribution in [-0.4, -0.2) is 37.2 Å². The molecule has 1 atom stereocenters. The summed E-state index contributed by atoms with van der Waals surface area (Å²) in [5, 5.41) is 0. The van der Waals surface area contributed by atoms with Crippen LogP contribution in [0.1, 0.15) is 258 Å². The topological polar surface area (TPSA) is 78.9 Å². The monoisotopic (exact) mass is 971 g/mol. The highest BCUT2D eigenvalue weighted by Gasteiger charge is 2.19. The minimum atomic E-state index is -0.808. The van der Waals surface area contributed by atoms with Crippen molar-refractivity contribution in [3.63, 3.8) is 0 Å². The molecule has 6 nitrogen and oxygen atoms in total. The first-order valence-corrected chi connectivity index (χ1v) is 28.9. The number of hydrogen-bond donors (Lipinski definition) is 0. The summed E-state index contributed by atoms with van der Waals surface area (Å²) >= 11 is 0. The molecule has 0 N–H and O–H groups in total. The Hall–Kier alpha value is -3.93. The highest BCUT2D eigenvalue weighted by molar-refractivity contribution is 5.71. The second-order valence-electron chi connectivity index (χ2n) is 18.9. The molecule has 0 aliphatic carbocycles. The first kappa shape index (κ1) is 66.1. The number of ether oxygens (including phenoxy) is 3. The molecule has 0 aromatic rings. The average molecular weight is 972 g/mol. The molecule has 0 heterocycles. The summed E-state index contributed by atoms with van der Waals surface area (Å²) in [5.41, 5.74) is 0. The van der Waals surface area contributed by atoms with Crippen LogP contribution in [0.3, 0.4) is 0 Å². The molecule has 1 unspecified atom stereocenters. The van der Waals surface area contributed by atoms with Gasteiger partial charge in [0.05, 0.1) is 0 Å². The van der Waals surface area contributed by atoms with Gasteiger partial charge in [-0.25, -0.2) is 0 Å². The van der Waals surface area contributed by atoms with Gasteiger partial charge >= 0.3 is 17.9 Å². The number of esters is 3. The van der Waals surface area contributed by atoms with Crippen LogP contribution in [-0.2, 0) is 28.6 Å². The third-order valence-corrected chi connectivity index (χ3v) is 12.0. The summed E-state index contributed by atoms with van der Waals surface area (Å²) in [5.74, 6) is -0.961. The largest absolute Gasteiger partial charge is 0.462 e. The number of rotatable bonds is 51. The van der Waals surface area contributed by atoms with Gasteiger partial charge in [-0.2, -0.15) is 0 Å². The molecule has 0 bridgehead atoms. The van der Waals surface area contributed by atoms with Gasteiger partial charge in [0.15, 0.2) is 6.10 Å². The fourth-order valence-electron chi connectivity index (χ4n) is 7.69. The Morgan fingerprint density at radius 2 is 0.600 bits per heavy atom. The smallest absolute Gasteiger partial charge is 0.306 e. The maximum atomic E-state index is 12.9. The molecule has 0 spiro atoms. The van der Waals surface area contributed by atoms with E-state index in [9.17, 15) is 14.4 Å². The standard InChI is InChI=1S/C64H106O6/c1-4-7-10-13-16-19-22-25-28-30-32-34-36-39-42-45-48-51-54-57-63(66)69-60-61(59-68-62(65)56-53-50-47-44-41-38-35-27-24-21-18-15-12-9-6-3)70-64(67)58-55-52-49-46-43-40-37-33-31-29-26-23-20-17-14-11-8-5-2/h7,10,16,18-19,21,24-25,27-29,31-34,37,39,42,61H,4-6,8-9,11-15,17,20,22-23,26,30,35-36,38,40-41,43-60H2,1-3H3/b10-7-,19-16-,21-18-,27-24-,28-25-,31-29-,34-32-,37-33-,42-39-. The summed E-state index contributed by atoms with van der Waals surface area (Å²) in [6.07, 6.45) is 77.9. The van der Waals surface area contributed by atoms with Crippen molar-refractivity contribution >= 4 is 17.9 Å². The minimum Gasteiger partial charge on any atom is -0.462 e. The van der Waals surface area contributed by atoms with E-state index in [1.54, 1.807) is 0 Å². The normalized spacial score (nSPS) is 12.9. The van der Waals surface area contributed by atoms with Crippen LogP contribution in [0.4, 0.5) is 0 Å². The van der Waals surface area contributed by atoms with Gasteiger partial charge in [0.2, 0.25) is 0 Å². The van der Waals surface area contributed by atoms with E-state index in [1.165, 1.54) is 89.9 Å². The van der Waals surface area contributed by atoms with Crippen LogP contribution in [0.25, 0.3) is 0 Å². The first-order valence-electron chi connectivity index (χ1n) is 28.9. The Bertz CT molecular complexity index is 1440. The maximum Gasteiger partial charge on any atom is 0.306 e. The summed E-state index contributed by atoms with van der Waals surface area (Å²) in [6.45, 7) is 6.44. The highest BCUT2D eigenvalue weighted by atomic mass is 16.6. The molecule has 398 valence electrons. The summed E-state index contributed by atoms with van der Waals surface area (Å²) in [6, 6.07) is 0. The molecule has 0 rings (SSSR count). The third kappa shape index (κ3) is 55.0. The Morgan fingerprint density at radius 1 is 0.314 bits per heavy atom. The minimum absolute atomic E-state index is 0.103. The van der Waals surface area contributed by atoms with Crippen molar-refractivity contribution in [1.29, 1.82) is 0 Å². The van der Waals surface area contributed by atoms with E-state index in [4.69, 9.17) is 14.2 Å². The molecule has 6 heteroatoms. The Labute approximate surface area is 431 Å². The van der Waals surface area contributed by atoms with Crippen molar-refractivity contribution in [2.75, 3.05) is 13.2 Å². The molecule has 70 heavy (non-hydrogen) atoms. The number of allylic oxidation sites excluding steroid dienone is 18. The van der Waals surface area contributed by atoms with E-state index in [0.29, 0.717) is 19.3 Å². The Morgan fingerprint density at radius 3 is 1.00 bits per heavy atom. The molecular formula is C64H106O6. The number of carbonyl (C=O) groups is 3. The Kier molecular flexibility index (Phi) is 54.4. The SMILES string of the molecule is CC/C=C\C/C=C\C/C=C\C/C=C\C/C=C\CCCCCC(=O)OCC(COC(=O)CCCCCCCC/C=C\C=C/CCCCC)OC(=O)CCCCCCC/C=C\C=C/CCCCCCCCC. The van der Waals surface area contributed by atoms with Gasteiger partial charge in [-0.3, -0.25) is 14.4 Å². The van der Waals surface area contributed by atoms with Crippen molar-refractivity contribution in [3.05, 3.63) is 109 Å².